The highest BCUT2D eigenvalue weighted by molar-refractivity contribution is 5.60. The summed E-state index contributed by atoms with van der Waals surface area (Å²) in [5.74, 6) is 0.199. The molecule has 120 valence electrons. The lowest BCUT2D eigenvalue weighted by Crippen LogP contribution is -2.30. The molecule has 2 aromatic carbocycles. The lowest BCUT2D eigenvalue weighted by Gasteiger charge is -2.28. The maximum absolute atomic E-state index is 12.5. The molecular weight excluding hydrogens is 308 g/mol. The number of aromatic nitrogens is 2. The van der Waals surface area contributed by atoms with Gasteiger partial charge in [0.2, 0.25) is 5.88 Å². The zero-order chi connectivity index (χ0) is 16.8. The topological polar surface area (TPSA) is 95.2 Å². The van der Waals surface area contributed by atoms with Gasteiger partial charge in [0, 0.05) is 17.5 Å². The van der Waals surface area contributed by atoms with Crippen molar-refractivity contribution >= 4 is 0 Å². The number of aromatic amines is 2. The van der Waals surface area contributed by atoms with Gasteiger partial charge in [-0.2, -0.15) is 0 Å². The second kappa shape index (κ2) is 5.13. The monoisotopic (exact) mass is 322 g/mol. The van der Waals surface area contributed by atoms with E-state index in [2.05, 4.69) is 9.97 Å². The van der Waals surface area contributed by atoms with Crippen molar-refractivity contribution < 1.29 is 9.84 Å². The van der Waals surface area contributed by atoms with Crippen LogP contribution in [0.5, 0.6) is 17.4 Å². The summed E-state index contributed by atoms with van der Waals surface area (Å²) in [6.07, 6.45) is 0. The molecule has 0 amide bonds. The maximum Gasteiger partial charge on any atom is 0.328 e. The number of aryl methyl sites for hydroxylation is 1. The second-order valence-electron chi connectivity index (χ2n) is 5.77. The molecule has 6 nitrogen and oxygen atoms in total. The number of phenols is 1. The molecule has 0 aliphatic carbocycles. The summed E-state index contributed by atoms with van der Waals surface area (Å²) >= 11 is 0. The van der Waals surface area contributed by atoms with E-state index in [0.717, 1.165) is 16.7 Å². The first-order chi connectivity index (χ1) is 11.5. The SMILES string of the molecule is Cc1cc(O)cc2c1C(c1ccccc1)c1c([nH]c(=O)[nH]c1=O)O2. The van der Waals surface area contributed by atoms with Crippen LogP contribution in [0.2, 0.25) is 0 Å². The summed E-state index contributed by atoms with van der Waals surface area (Å²) in [6.45, 7) is 1.85. The molecule has 1 unspecified atom stereocenters. The first-order valence-electron chi connectivity index (χ1n) is 7.47. The predicted molar refractivity (Wildman–Crippen MR) is 88.0 cm³/mol. The fourth-order valence-corrected chi connectivity index (χ4v) is 3.25. The number of benzene rings is 2. The summed E-state index contributed by atoms with van der Waals surface area (Å²) < 4.78 is 5.72. The number of hydrogen-bond acceptors (Lipinski definition) is 4. The molecule has 1 aliphatic heterocycles. The van der Waals surface area contributed by atoms with Crippen molar-refractivity contribution in [2.45, 2.75) is 12.8 Å². The van der Waals surface area contributed by atoms with Gasteiger partial charge < -0.3 is 9.84 Å². The van der Waals surface area contributed by atoms with E-state index in [1.54, 1.807) is 6.07 Å². The minimum Gasteiger partial charge on any atom is -0.508 e. The van der Waals surface area contributed by atoms with Crippen molar-refractivity contribution in [3.8, 4) is 17.4 Å². The van der Waals surface area contributed by atoms with Crippen molar-refractivity contribution in [1.29, 1.82) is 0 Å². The Balaban J connectivity index is 2.09. The van der Waals surface area contributed by atoms with E-state index in [0.29, 0.717) is 11.3 Å². The molecule has 2 heterocycles. The second-order valence-corrected chi connectivity index (χ2v) is 5.77. The normalized spacial score (nSPS) is 15.3. The van der Waals surface area contributed by atoms with Crippen LogP contribution in [0.3, 0.4) is 0 Å². The van der Waals surface area contributed by atoms with Crippen molar-refractivity contribution in [2.24, 2.45) is 0 Å². The summed E-state index contributed by atoms with van der Waals surface area (Å²) in [5.41, 5.74) is 1.72. The van der Waals surface area contributed by atoms with Crippen LogP contribution in [-0.2, 0) is 0 Å². The fourth-order valence-electron chi connectivity index (χ4n) is 3.25. The smallest absolute Gasteiger partial charge is 0.328 e. The molecule has 4 rings (SSSR count). The highest BCUT2D eigenvalue weighted by Gasteiger charge is 2.33. The first-order valence-corrected chi connectivity index (χ1v) is 7.47. The molecule has 0 saturated carbocycles. The highest BCUT2D eigenvalue weighted by atomic mass is 16.5. The fraction of sp³-hybridized carbons (Fsp3) is 0.111. The largest absolute Gasteiger partial charge is 0.508 e. The molecule has 3 aromatic rings. The Hall–Kier alpha value is -3.28. The maximum atomic E-state index is 12.5. The Morgan fingerprint density at radius 1 is 1.04 bits per heavy atom. The minimum absolute atomic E-state index is 0.0636. The van der Waals surface area contributed by atoms with Gasteiger partial charge in [-0.1, -0.05) is 30.3 Å². The van der Waals surface area contributed by atoms with Crippen molar-refractivity contribution in [1.82, 2.24) is 9.97 Å². The zero-order valence-corrected chi connectivity index (χ0v) is 12.8. The molecule has 1 aliphatic rings. The molecule has 24 heavy (non-hydrogen) atoms. The quantitative estimate of drug-likeness (QED) is 0.501. The summed E-state index contributed by atoms with van der Waals surface area (Å²) in [7, 11) is 0. The summed E-state index contributed by atoms with van der Waals surface area (Å²) in [6, 6.07) is 12.6. The van der Waals surface area contributed by atoms with Crippen LogP contribution in [0.25, 0.3) is 0 Å². The van der Waals surface area contributed by atoms with Crippen LogP contribution < -0.4 is 16.0 Å². The lowest BCUT2D eigenvalue weighted by molar-refractivity contribution is 0.417. The van der Waals surface area contributed by atoms with Gasteiger partial charge >= 0.3 is 5.69 Å². The van der Waals surface area contributed by atoms with Gasteiger partial charge in [-0.15, -0.1) is 0 Å². The average Bonchev–Trinajstić information content (AvgIpc) is 2.53. The van der Waals surface area contributed by atoms with E-state index in [-0.39, 0.29) is 11.6 Å². The standard InChI is InChI=1S/C18H14N2O4/c1-9-7-11(21)8-12-13(9)14(10-5-3-2-4-6-10)15-16(22)19-18(23)20-17(15)24-12/h2-8,14,21H,1H3,(H2,19,20,22,23). The van der Waals surface area contributed by atoms with Crippen LogP contribution in [0, 0.1) is 6.92 Å². The zero-order valence-electron chi connectivity index (χ0n) is 12.8. The van der Waals surface area contributed by atoms with Crippen LogP contribution >= 0.6 is 0 Å². The molecule has 0 radical (unpaired) electrons. The molecule has 1 aromatic heterocycles. The first kappa shape index (κ1) is 14.3. The van der Waals surface area contributed by atoms with Crippen LogP contribution in [0.4, 0.5) is 0 Å². The molecule has 3 N–H and O–H groups in total. The molecule has 0 fully saturated rings. The molecule has 0 saturated heterocycles. The number of rotatable bonds is 1. The van der Waals surface area contributed by atoms with Crippen LogP contribution in [-0.4, -0.2) is 15.1 Å². The Labute approximate surface area is 136 Å². The Morgan fingerprint density at radius 2 is 1.79 bits per heavy atom. The third-order valence-corrected chi connectivity index (χ3v) is 4.20. The summed E-state index contributed by atoms with van der Waals surface area (Å²) in [5, 5.41) is 9.86. The van der Waals surface area contributed by atoms with Gasteiger partial charge in [0.15, 0.2) is 0 Å². The van der Waals surface area contributed by atoms with E-state index in [1.807, 2.05) is 37.3 Å². The number of aromatic hydroxyl groups is 1. The Morgan fingerprint density at radius 3 is 2.54 bits per heavy atom. The van der Waals surface area contributed by atoms with Crippen molar-refractivity contribution in [2.75, 3.05) is 0 Å². The number of phenolic OH excluding ortho intramolecular Hbond substituents is 1. The average molecular weight is 322 g/mol. The molecular formula is C18H14N2O4. The number of nitrogens with one attached hydrogen (secondary N) is 2. The molecule has 0 bridgehead atoms. The van der Waals surface area contributed by atoms with E-state index in [9.17, 15) is 14.7 Å². The summed E-state index contributed by atoms with van der Waals surface area (Å²) in [4.78, 5) is 28.9. The van der Waals surface area contributed by atoms with Gasteiger partial charge in [0.1, 0.15) is 11.5 Å². The van der Waals surface area contributed by atoms with Gasteiger partial charge in [0.25, 0.3) is 5.56 Å². The Bertz CT molecular complexity index is 1050. The van der Waals surface area contributed by atoms with E-state index in [4.69, 9.17) is 4.74 Å². The third-order valence-electron chi connectivity index (χ3n) is 4.20. The molecule has 1 atom stereocenters. The molecule has 6 heteroatoms. The van der Waals surface area contributed by atoms with Crippen LogP contribution in [0.1, 0.15) is 28.2 Å². The van der Waals surface area contributed by atoms with E-state index < -0.39 is 17.2 Å². The van der Waals surface area contributed by atoms with Gasteiger partial charge in [-0.3, -0.25) is 14.8 Å². The lowest BCUT2D eigenvalue weighted by atomic mass is 9.82. The highest BCUT2D eigenvalue weighted by Crippen LogP contribution is 2.47. The van der Waals surface area contributed by atoms with Crippen molar-refractivity contribution in [3.63, 3.8) is 0 Å². The van der Waals surface area contributed by atoms with Gasteiger partial charge in [0.05, 0.1) is 5.56 Å². The van der Waals surface area contributed by atoms with Gasteiger partial charge in [-0.25, -0.2) is 4.79 Å². The van der Waals surface area contributed by atoms with Crippen LogP contribution in [0.15, 0.2) is 52.1 Å². The van der Waals surface area contributed by atoms with Crippen molar-refractivity contribution in [3.05, 3.63) is 85.6 Å². The number of ether oxygens (including phenoxy) is 1. The van der Waals surface area contributed by atoms with Gasteiger partial charge in [-0.05, 0) is 24.1 Å². The Kier molecular flexibility index (Phi) is 3.06. The molecule has 0 spiro atoms. The van der Waals surface area contributed by atoms with E-state index in [1.165, 1.54) is 6.07 Å². The number of fused-ring (bicyclic) bond motifs is 2. The van der Waals surface area contributed by atoms with E-state index >= 15 is 0 Å². The number of hydrogen-bond donors (Lipinski definition) is 3. The third kappa shape index (κ3) is 2.11. The minimum atomic E-state index is -0.633. The predicted octanol–water partition coefficient (Wildman–Crippen LogP) is 2.36. The number of H-pyrrole nitrogens is 2.